The minimum Gasteiger partial charge on any atom is -0.348 e. The maximum absolute atomic E-state index is 12.4. The van der Waals surface area contributed by atoms with Gasteiger partial charge >= 0.3 is 0 Å². The van der Waals surface area contributed by atoms with Crippen LogP contribution in [0.3, 0.4) is 0 Å². The van der Waals surface area contributed by atoms with E-state index >= 15 is 0 Å². The molecule has 0 radical (unpaired) electrons. The predicted molar refractivity (Wildman–Crippen MR) is 113 cm³/mol. The molecule has 1 aromatic carbocycles. The van der Waals surface area contributed by atoms with Crippen LogP contribution in [0.1, 0.15) is 47.9 Å². The number of carbonyl (C=O) groups excluding carboxylic acids is 1. The molecule has 2 heterocycles. The van der Waals surface area contributed by atoms with Crippen molar-refractivity contribution in [2.75, 3.05) is 25.1 Å². The zero-order valence-electron chi connectivity index (χ0n) is 17.6. The monoisotopic (exact) mass is 418 g/mol. The molecule has 1 aromatic heterocycles. The van der Waals surface area contributed by atoms with Crippen LogP contribution in [0.5, 0.6) is 0 Å². The fourth-order valence-electron chi connectivity index (χ4n) is 3.93. The SMILES string of the molecule is Cc1nn([C@H]2CCS(=O)(=O)C2)c(C)c1CN(C)CC(=O)N[C@@H](C)c1ccccc1. The van der Waals surface area contributed by atoms with Crippen LogP contribution < -0.4 is 5.32 Å². The summed E-state index contributed by atoms with van der Waals surface area (Å²) in [5, 5.41) is 7.64. The molecule has 2 atom stereocenters. The van der Waals surface area contributed by atoms with E-state index in [1.165, 1.54) is 0 Å². The van der Waals surface area contributed by atoms with Crippen molar-refractivity contribution in [3.05, 3.63) is 52.8 Å². The van der Waals surface area contributed by atoms with Crippen molar-refractivity contribution >= 4 is 15.7 Å². The summed E-state index contributed by atoms with van der Waals surface area (Å²) in [4.78, 5) is 14.4. The van der Waals surface area contributed by atoms with Crippen molar-refractivity contribution in [2.45, 2.75) is 45.8 Å². The molecule has 1 saturated heterocycles. The Morgan fingerprint density at radius 2 is 2.00 bits per heavy atom. The Kier molecular flexibility index (Phi) is 6.43. The van der Waals surface area contributed by atoms with Gasteiger partial charge in [-0.15, -0.1) is 0 Å². The highest BCUT2D eigenvalue weighted by molar-refractivity contribution is 7.91. The minimum absolute atomic E-state index is 0.0339. The van der Waals surface area contributed by atoms with Gasteiger partial charge in [0.2, 0.25) is 5.91 Å². The summed E-state index contributed by atoms with van der Waals surface area (Å²) in [5.41, 5.74) is 4.00. The number of hydrogen-bond acceptors (Lipinski definition) is 5. The number of aromatic nitrogens is 2. The van der Waals surface area contributed by atoms with Crippen molar-refractivity contribution in [3.8, 4) is 0 Å². The topological polar surface area (TPSA) is 84.3 Å². The smallest absolute Gasteiger partial charge is 0.234 e. The van der Waals surface area contributed by atoms with Gasteiger partial charge in [0.25, 0.3) is 0 Å². The first kappa shape index (κ1) is 21.5. The van der Waals surface area contributed by atoms with E-state index in [4.69, 9.17) is 0 Å². The van der Waals surface area contributed by atoms with Crippen molar-refractivity contribution in [3.63, 3.8) is 0 Å². The van der Waals surface area contributed by atoms with Crippen molar-refractivity contribution < 1.29 is 13.2 Å². The highest BCUT2D eigenvalue weighted by Gasteiger charge is 2.31. The highest BCUT2D eigenvalue weighted by atomic mass is 32.2. The Morgan fingerprint density at radius 1 is 1.31 bits per heavy atom. The molecule has 0 aliphatic carbocycles. The number of hydrogen-bond donors (Lipinski definition) is 1. The van der Waals surface area contributed by atoms with Crippen molar-refractivity contribution in [1.82, 2.24) is 20.0 Å². The molecule has 0 saturated carbocycles. The Labute approximate surface area is 173 Å². The third-order valence-electron chi connectivity index (χ3n) is 5.55. The molecule has 1 aliphatic rings. The summed E-state index contributed by atoms with van der Waals surface area (Å²) in [6, 6.07) is 9.74. The number of amides is 1. The van der Waals surface area contributed by atoms with Crippen LogP contribution in [0.4, 0.5) is 0 Å². The van der Waals surface area contributed by atoms with Crippen molar-refractivity contribution in [2.24, 2.45) is 0 Å². The van der Waals surface area contributed by atoms with E-state index in [2.05, 4.69) is 10.4 Å². The van der Waals surface area contributed by atoms with Crippen molar-refractivity contribution in [1.29, 1.82) is 0 Å². The molecule has 3 rings (SSSR count). The molecule has 8 heteroatoms. The lowest BCUT2D eigenvalue weighted by molar-refractivity contribution is -0.122. The summed E-state index contributed by atoms with van der Waals surface area (Å²) in [6.45, 7) is 6.75. The lowest BCUT2D eigenvalue weighted by atomic mass is 10.1. The third-order valence-corrected chi connectivity index (χ3v) is 7.30. The lowest BCUT2D eigenvalue weighted by Crippen LogP contribution is -2.36. The summed E-state index contributed by atoms with van der Waals surface area (Å²) < 4.78 is 25.5. The Hall–Kier alpha value is -2.19. The molecule has 1 aliphatic heterocycles. The first-order chi connectivity index (χ1) is 13.7. The maximum atomic E-state index is 12.4. The molecule has 1 fully saturated rings. The van der Waals surface area contributed by atoms with E-state index in [1.807, 2.05) is 67.7 Å². The van der Waals surface area contributed by atoms with E-state index in [0.717, 1.165) is 22.5 Å². The third kappa shape index (κ3) is 5.25. The first-order valence-corrected chi connectivity index (χ1v) is 11.8. The molecule has 29 heavy (non-hydrogen) atoms. The van der Waals surface area contributed by atoms with Gasteiger partial charge in [0.05, 0.1) is 35.8 Å². The Balaban J connectivity index is 1.60. The van der Waals surface area contributed by atoms with Gasteiger partial charge in [0.15, 0.2) is 9.84 Å². The van der Waals surface area contributed by atoms with Gasteiger partial charge in [-0.1, -0.05) is 30.3 Å². The second-order valence-electron chi connectivity index (χ2n) is 8.02. The van der Waals surface area contributed by atoms with E-state index in [0.29, 0.717) is 13.0 Å². The fraction of sp³-hybridized carbons (Fsp3) is 0.524. The number of nitrogens with one attached hydrogen (secondary N) is 1. The molecular formula is C21H30N4O3S. The average molecular weight is 419 g/mol. The highest BCUT2D eigenvalue weighted by Crippen LogP contribution is 2.27. The van der Waals surface area contributed by atoms with Gasteiger partial charge in [0, 0.05) is 17.8 Å². The van der Waals surface area contributed by atoms with Gasteiger partial charge in [0.1, 0.15) is 0 Å². The number of benzene rings is 1. The van der Waals surface area contributed by atoms with Gasteiger partial charge in [-0.25, -0.2) is 8.42 Å². The average Bonchev–Trinajstić information content (AvgIpc) is 3.15. The fourth-order valence-corrected chi connectivity index (χ4v) is 5.62. The van der Waals surface area contributed by atoms with E-state index in [1.54, 1.807) is 0 Å². The maximum Gasteiger partial charge on any atom is 0.234 e. The molecule has 7 nitrogen and oxygen atoms in total. The van der Waals surface area contributed by atoms with Crippen LogP contribution in [0.25, 0.3) is 0 Å². The molecule has 158 valence electrons. The van der Waals surface area contributed by atoms with Crippen LogP contribution >= 0.6 is 0 Å². The molecule has 0 bridgehead atoms. The second-order valence-corrected chi connectivity index (χ2v) is 10.3. The number of carbonyl (C=O) groups is 1. The lowest BCUT2D eigenvalue weighted by Gasteiger charge is -2.20. The Bertz CT molecular complexity index is 969. The zero-order chi connectivity index (χ0) is 21.2. The van der Waals surface area contributed by atoms with E-state index < -0.39 is 9.84 Å². The number of nitrogens with zero attached hydrogens (tertiary/aromatic N) is 3. The van der Waals surface area contributed by atoms with Crippen LogP contribution in [-0.4, -0.2) is 54.1 Å². The minimum atomic E-state index is -2.96. The second kappa shape index (κ2) is 8.67. The summed E-state index contributed by atoms with van der Waals surface area (Å²) >= 11 is 0. The molecule has 0 unspecified atom stereocenters. The number of aryl methyl sites for hydroxylation is 1. The van der Waals surface area contributed by atoms with Crippen LogP contribution in [0.15, 0.2) is 30.3 Å². The summed E-state index contributed by atoms with van der Waals surface area (Å²) in [6.07, 6.45) is 0.610. The largest absolute Gasteiger partial charge is 0.348 e. The molecule has 2 aromatic rings. The quantitative estimate of drug-likeness (QED) is 0.745. The first-order valence-electron chi connectivity index (χ1n) is 9.94. The number of sulfone groups is 1. The number of rotatable bonds is 7. The summed E-state index contributed by atoms with van der Waals surface area (Å²) in [7, 11) is -1.06. The molecule has 1 N–H and O–H groups in total. The predicted octanol–water partition coefficient (Wildman–Crippen LogP) is 2.17. The van der Waals surface area contributed by atoms with Crippen LogP contribution in [0, 0.1) is 13.8 Å². The Morgan fingerprint density at radius 3 is 2.62 bits per heavy atom. The normalized spacial score (nSPS) is 19.4. The van der Waals surface area contributed by atoms with Gasteiger partial charge in [-0.3, -0.25) is 14.4 Å². The standard InChI is InChI=1S/C21H30N4O3S/c1-15(18-8-6-5-7-9-18)22-21(26)13-24(4)12-20-16(2)23-25(17(20)3)19-10-11-29(27,28)14-19/h5-9,15,19H,10-14H2,1-4H3,(H,22,26)/t15-,19-/m0/s1. The van der Waals surface area contributed by atoms with Gasteiger partial charge in [-0.2, -0.15) is 5.10 Å². The molecule has 0 spiro atoms. The summed E-state index contributed by atoms with van der Waals surface area (Å²) in [5.74, 6) is 0.350. The van der Waals surface area contributed by atoms with Crippen LogP contribution in [0.2, 0.25) is 0 Å². The van der Waals surface area contributed by atoms with Gasteiger partial charge in [-0.05, 0) is 39.8 Å². The molecule has 1 amide bonds. The van der Waals surface area contributed by atoms with Crippen LogP contribution in [-0.2, 0) is 21.2 Å². The van der Waals surface area contributed by atoms with Gasteiger partial charge < -0.3 is 5.32 Å². The zero-order valence-corrected chi connectivity index (χ0v) is 18.4. The van der Waals surface area contributed by atoms with E-state index in [9.17, 15) is 13.2 Å². The molecular weight excluding hydrogens is 388 g/mol. The number of likely N-dealkylation sites (N-methyl/N-ethyl adjacent to an activating group) is 1. The van der Waals surface area contributed by atoms with E-state index in [-0.39, 0.29) is 36.0 Å².